The van der Waals surface area contributed by atoms with Crippen LogP contribution in [-0.4, -0.2) is 31.1 Å². The molecule has 1 aliphatic carbocycles. The summed E-state index contributed by atoms with van der Waals surface area (Å²) < 4.78 is 0.973. The molecule has 0 saturated heterocycles. The summed E-state index contributed by atoms with van der Waals surface area (Å²) in [6.45, 7) is 3.12. The molecule has 1 saturated carbocycles. The van der Waals surface area contributed by atoms with Crippen molar-refractivity contribution in [1.82, 2.24) is 10.2 Å². The van der Waals surface area contributed by atoms with E-state index in [4.69, 9.17) is 11.6 Å². The molecule has 1 aromatic rings. The zero-order valence-electron chi connectivity index (χ0n) is 10.0. The third kappa shape index (κ3) is 4.59. The van der Waals surface area contributed by atoms with Gasteiger partial charge >= 0.3 is 0 Å². The van der Waals surface area contributed by atoms with Crippen LogP contribution in [0.3, 0.4) is 0 Å². The summed E-state index contributed by atoms with van der Waals surface area (Å²) >= 11 is 9.43. The lowest BCUT2D eigenvalue weighted by atomic mass is 10.2. The van der Waals surface area contributed by atoms with E-state index in [1.807, 2.05) is 6.07 Å². The van der Waals surface area contributed by atoms with Gasteiger partial charge < -0.3 is 10.2 Å². The summed E-state index contributed by atoms with van der Waals surface area (Å²) in [4.78, 5) is 2.32. The first-order chi connectivity index (χ1) is 8.15. The van der Waals surface area contributed by atoms with Crippen molar-refractivity contribution in [2.45, 2.75) is 25.4 Å². The molecule has 0 atom stereocenters. The monoisotopic (exact) mass is 316 g/mol. The van der Waals surface area contributed by atoms with E-state index in [9.17, 15) is 0 Å². The van der Waals surface area contributed by atoms with E-state index >= 15 is 0 Å². The molecule has 0 bridgehead atoms. The molecular weight excluding hydrogens is 300 g/mol. The SMILES string of the molecule is CN(CCNC1CC1)Cc1ccc(Cl)c(Br)c1. The molecule has 94 valence electrons. The molecule has 1 fully saturated rings. The quantitative estimate of drug-likeness (QED) is 0.866. The zero-order valence-corrected chi connectivity index (χ0v) is 12.4. The standard InChI is InChI=1S/C13H18BrClN2/c1-17(7-6-16-11-3-4-11)9-10-2-5-13(15)12(14)8-10/h2,5,8,11,16H,3-4,6-7,9H2,1H3. The minimum absolute atomic E-state index is 0.770. The molecule has 2 rings (SSSR count). The van der Waals surface area contributed by atoms with Gasteiger partial charge in [-0.25, -0.2) is 0 Å². The summed E-state index contributed by atoms with van der Waals surface area (Å²) in [5.41, 5.74) is 1.29. The second-order valence-electron chi connectivity index (χ2n) is 4.71. The second kappa shape index (κ2) is 6.19. The molecule has 0 unspecified atom stereocenters. The maximum Gasteiger partial charge on any atom is 0.0548 e. The lowest BCUT2D eigenvalue weighted by Crippen LogP contribution is -2.30. The topological polar surface area (TPSA) is 15.3 Å². The van der Waals surface area contributed by atoms with Crippen molar-refractivity contribution in [3.8, 4) is 0 Å². The number of nitrogens with zero attached hydrogens (tertiary/aromatic N) is 1. The van der Waals surface area contributed by atoms with E-state index in [1.165, 1.54) is 18.4 Å². The molecule has 17 heavy (non-hydrogen) atoms. The Kier molecular flexibility index (Phi) is 4.86. The van der Waals surface area contributed by atoms with E-state index in [2.05, 4.69) is 45.3 Å². The van der Waals surface area contributed by atoms with Gasteiger partial charge in [0.25, 0.3) is 0 Å². The second-order valence-corrected chi connectivity index (χ2v) is 5.98. The Morgan fingerprint density at radius 3 is 2.88 bits per heavy atom. The van der Waals surface area contributed by atoms with Crippen LogP contribution in [-0.2, 0) is 6.54 Å². The summed E-state index contributed by atoms with van der Waals surface area (Å²) in [6, 6.07) is 6.91. The van der Waals surface area contributed by atoms with Crippen molar-refractivity contribution in [1.29, 1.82) is 0 Å². The van der Waals surface area contributed by atoms with Crippen LogP contribution in [0.25, 0.3) is 0 Å². The molecule has 4 heteroatoms. The number of hydrogen-bond acceptors (Lipinski definition) is 2. The van der Waals surface area contributed by atoms with Gasteiger partial charge in [-0.05, 0) is 53.5 Å². The Hall–Kier alpha value is -0.0900. The normalized spacial score (nSPS) is 15.5. The van der Waals surface area contributed by atoms with Gasteiger partial charge in [-0.15, -0.1) is 0 Å². The lowest BCUT2D eigenvalue weighted by molar-refractivity contribution is 0.324. The first kappa shape index (κ1) is 13.3. The van der Waals surface area contributed by atoms with Gasteiger partial charge in [0.15, 0.2) is 0 Å². The van der Waals surface area contributed by atoms with Crippen molar-refractivity contribution < 1.29 is 0 Å². The van der Waals surface area contributed by atoms with Crippen LogP contribution in [0.15, 0.2) is 22.7 Å². The molecule has 0 radical (unpaired) electrons. The third-order valence-electron chi connectivity index (χ3n) is 2.94. The number of rotatable bonds is 6. The highest BCUT2D eigenvalue weighted by Gasteiger charge is 2.19. The Labute approximate surface area is 116 Å². The van der Waals surface area contributed by atoms with Crippen molar-refractivity contribution in [2.75, 3.05) is 20.1 Å². The van der Waals surface area contributed by atoms with Crippen LogP contribution in [0.1, 0.15) is 18.4 Å². The molecule has 1 N–H and O–H groups in total. The summed E-state index contributed by atoms with van der Waals surface area (Å²) in [7, 11) is 2.15. The Morgan fingerprint density at radius 1 is 1.47 bits per heavy atom. The number of nitrogens with one attached hydrogen (secondary N) is 1. The minimum atomic E-state index is 0.770. The van der Waals surface area contributed by atoms with Gasteiger partial charge in [0.05, 0.1) is 5.02 Å². The Bertz CT molecular complexity index is 380. The summed E-state index contributed by atoms with van der Waals surface area (Å²) in [5.74, 6) is 0. The molecule has 1 aliphatic rings. The molecule has 0 aromatic heterocycles. The van der Waals surface area contributed by atoms with Crippen molar-refractivity contribution >= 4 is 27.5 Å². The zero-order chi connectivity index (χ0) is 12.3. The largest absolute Gasteiger partial charge is 0.313 e. The maximum absolute atomic E-state index is 5.97. The first-order valence-corrected chi connectivity index (χ1v) is 7.18. The number of likely N-dealkylation sites (N-methyl/N-ethyl adjacent to an activating group) is 1. The van der Waals surface area contributed by atoms with Crippen molar-refractivity contribution in [3.63, 3.8) is 0 Å². The van der Waals surface area contributed by atoms with Crippen molar-refractivity contribution in [2.24, 2.45) is 0 Å². The number of hydrogen-bond donors (Lipinski definition) is 1. The van der Waals surface area contributed by atoms with Gasteiger partial charge in [0.2, 0.25) is 0 Å². The van der Waals surface area contributed by atoms with E-state index < -0.39 is 0 Å². The van der Waals surface area contributed by atoms with Crippen LogP contribution < -0.4 is 5.32 Å². The summed E-state index contributed by atoms with van der Waals surface area (Å²) in [6.07, 6.45) is 2.71. The highest BCUT2D eigenvalue weighted by atomic mass is 79.9. The average Bonchev–Trinajstić information content (AvgIpc) is 3.07. The fourth-order valence-electron chi connectivity index (χ4n) is 1.78. The maximum atomic E-state index is 5.97. The van der Waals surface area contributed by atoms with Gasteiger partial charge in [0.1, 0.15) is 0 Å². The minimum Gasteiger partial charge on any atom is -0.313 e. The van der Waals surface area contributed by atoms with Crippen LogP contribution in [0, 0.1) is 0 Å². The van der Waals surface area contributed by atoms with E-state index in [0.29, 0.717) is 0 Å². The van der Waals surface area contributed by atoms with Crippen LogP contribution in [0.5, 0.6) is 0 Å². The predicted octanol–water partition coefficient (Wildman–Crippen LogP) is 3.29. The smallest absolute Gasteiger partial charge is 0.0548 e. The van der Waals surface area contributed by atoms with Crippen LogP contribution in [0.2, 0.25) is 5.02 Å². The molecule has 0 amide bonds. The Morgan fingerprint density at radius 2 is 2.24 bits per heavy atom. The summed E-state index contributed by atoms with van der Waals surface area (Å²) in [5, 5.41) is 4.29. The van der Waals surface area contributed by atoms with Crippen LogP contribution in [0.4, 0.5) is 0 Å². The number of halogens is 2. The van der Waals surface area contributed by atoms with E-state index in [0.717, 1.165) is 35.2 Å². The Balaban J connectivity index is 1.75. The van der Waals surface area contributed by atoms with Gasteiger partial charge in [-0.1, -0.05) is 17.7 Å². The fraction of sp³-hybridized carbons (Fsp3) is 0.538. The van der Waals surface area contributed by atoms with Crippen LogP contribution >= 0.6 is 27.5 Å². The van der Waals surface area contributed by atoms with Gasteiger partial charge in [0, 0.05) is 30.1 Å². The lowest BCUT2D eigenvalue weighted by Gasteiger charge is -2.17. The molecule has 0 heterocycles. The molecular formula is C13H18BrClN2. The van der Waals surface area contributed by atoms with Crippen molar-refractivity contribution in [3.05, 3.63) is 33.3 Å². The molecule has 0 aliphatic heterocycles. The molecule has 2 nitrogen and oxygen atoms in total. The van der Waals surface area contributed by atoms with Gasteiger partial charge in [-0.3, -0.25) is 0 Å². The highest BCUT2D eigenvalue weighted by molar-refractivity contribution is 9.10. The number of benzene rings is 1. The molecule has 1 aromatic carbocycles. The van der Waals surface area contributed by atoms with Gasteiger partial charge in [-0.2, -0.15) is 0 Å². The molecule has 0 spiro atoms. The fourth-order valence-corrected chi connectivity index (χ4v) is 2.32. The first-order valence-electron chi connectivity index (χ1n) is 6.01. The highest BCUT2D eigenvalue weighted by Crippen LogP contribution is 2.23. The van der Waals surface area contributed by atoms with E-state index in [1.54, 1.807) is 0 Å². The third-order valence-corrected chi connectivity index (χ3v) is 4.15. The average molecular weight is 318 g/mol. The predicted molar refractivity (Wildman–Crippen MR) is 76.5 cm³/mol. The van der Waals surface area contributed by atoms with E-state index in [-0.39, 0.29) is 0 Å².